The summed E-state index contributed by atoms with van der Waals surface area (Å²) in [7, 11) is 0. The Hall–Kier alpha value is -2.40. The molecule has 102 valence electrons. The zero-order chi connectivity index (χ0) is 13.9. The van der Waals surface area contributed by atoms with Crippen molar-refractivity contribution in [2.24, 2.45) is 0 Å². The van der Waals surface area contributed by atoms with Crippen LogP contribution in [0.1, 0.15) is 11.1 Å². The van der Waals surface area contributed by atoms with Gasteiger partial charge in [0.1, 0.15) is 12.4 Å². The number of hydrogen-bond acceptors (Lipinski definition) is 2. The molecule has 1 aliphatic rings. The van der Waals surface area contributed by atoms with Crippen LogP contribution in [0, 0.1) is 5.82 Å². The molecule has 0 aliphatic carbocycles. The first kappa shape index (κ1) is 12.6. The fraction of sp³-hybridized carbons (Fsp3) is 0.133. The molecule has 5 heteroatoms. The Morgan fingerprint density at radius 2 is 1.95 bits per heavy atom. The van der Waals surface area contributed by atoms with Gasteiger partial charge in [0.2, 0.25) is 0 Å². The molecule has 2 amide bonds. The maximum absolute atomic E-state index is 13.7. The molecule has 2 aromatic rings. The summed E-state index contributed by atoms with van der Waals surface area (Å²) >= 11 is 0. The highest BCUT2D eigenvalue weighted by atomic mass is 19.1. The Balaban J connectivity index is 1.72. The Morgan fingerprint density at radius 3 is 2.75 bits per heavy atom. The molecule has 0 bridgehead atoms. The molecule has 0 fully saturated rings. The number of halogens is 1. The van der Waals surface area contributed by atoms with Crippen molar-refractivity contribution in [3.05, 3.63) is 65.5 Å². The topological polar surface area (TPSA) is 41.6 Å². The van der Waals surface area contributed by atoms with Crippen molar-refractivity contribution in [3.63, 3.8) is 0 Å². The van der Waals surface area contributed by atoms with Gasteiger partial charge in [0.15, 0.2) is 0 Å². The number of benzene rings is 2. The highest BCUT2D eigenvalue weighted by Gasteiger charge is 2.25. The summed E-state index contributed by atoms with van der Waals surface area (Å²) in [6.07, 6.45) is 0. The minimum absolute atomic E-state index is 0.0979. The van der Waals surface area contributed by atoms with E-state index in [4.69, 9.17) is 4.84 Å². The van der Waals surface area contributed by atoms with E-state index in [0.29, 0.717) is 11.3 Å². The minimum Gasteiger partial charge on any atom is -0.306 e. The van der Waals surface area contributed by atoms with Crippen LogP contribution in [0.2, 0.25) is 0 Å². The summed E-state index contributed by atoms with van der Waals surface area (Å²) in [6, 6.07) is 13.7. The molecule has 0 saturated heterocycles. The van der Waals surface area contributed by atoms with Crippen molar-refractivity contribution in [1.29, 1.82) is 0 Å². The Bertz CT molecular complexity index is 631. The number of nitrogens with zero attached hydrogens (tertiary/aromatic N) is 1. The van der Waals surface area contributed by atoms with Crippen molar-refractivity contribution < 1.29 is 14.0 Å². The lowest BCUT2D eigenvalue weighted by Crippen LogP contribution is -2.38. The van der Waals surface area contributed by atoms with Gasteiger partial charge >= 0.3 is 6.03 Å². The van der Waals surface area contributed by atoms with E-state index in [0.717, 1.165) is 10.6 Å². The third-order valence-corrected chi connectivity index (χ3v) is 3.12. The van der Waals surface area contributed by atoms with Crippen molar-refractivity contribution in [1.82, 2.24) is 5.06 Å². The Morgan fingerprint density at radius 1 is 1.15 bits per heavy atom. The predicted molar refractivity (Wildman–Crippen MR) is 72.2 cm³/mol. The first-order chi connectivity index (χ1) is 9.74. The molecule has 0 atom stereocenters. The summed E-state index contributed by atoms with van der Waals surface area (Å²) < 4.78 is 13.7. The first-order valence-corrected chi connectivity index (χ1v) is 6.27. The quantitative estimate of drug-likeness (QED) is 0.931. The van der Waals surface area contributed by atoms with Gasteiger partial charge in [-0.3, -0.25) is 4.84 Å². The van der Waals surface area contributed by atoms with Crippen LogP contribution >= 0.6 is 0 Å². The van der Waals surface area contributed by atoms with Crippen LogP contribution in [0.3, 0.4) is 0 Å². The van der Waals surface area contributed by atoms with Crippen LogP contribution < -0.4 is 5.32 Å². The van der Waals surface area contributed by atoms with Gasteiger partial charge in [-0.15, -0.1) is 0 Å². The molecular weight excluding hydrogens is 259 g/mol. The van der Waals surface area contributed by atoms with E-state index < -0.39 is 0 Å². The molecule has 0 radical (unpaired) electrons. The number of rotatable bonds is 3. The number of urea groups is 1. The van der Waals surface area contributed by atoms with E-state index in [1.807, 2.05) is 30.3 Å². The largest absolute Gasteiger partial charge is 0.346 e. The zero-order valence-electron chi connectivity index (χ0n) is 10.7. The molecule has 1 N–H and O–H groups in total. The van der Waals surface area contributed by atoms with Crippen molar-refractivity contribution in [2.75, 3.05) is 5.32 Å². The van der Waals surface area contributed by atoms with Gasteiger partial charge in [0.25, 0.3) is 0 Å². The highest BCUT2D eigenvalue weighted by Crippen LogP contribution is 2.25. The third kappa shape index (κ3) is 2.48. The first-order valence-electron chi connectivity index (χ1n) is 6.27. The van der Waals surface area contributed by atoms with E-state index in [1.165, 1.54) is 6.07 Å². The SMILES string of the molecule is O=C1Nc2cccc(F)c2CN1OCc1ccccc1. The second-order valence-electron chi connectivity index (χ2n) is 4.49. The maximum atomic E-state index is 13.7. The normalized spacial score (nSPS) is 13.8. The number of nitrogens with one attached hydrogen (secondary N) is 1. The van der Waals surface area contributed by atoms with Gasteiger partial charge in [-0.05, 0) is 17.7 Å². The maximum Gasteiger partial charge on any atom is 0.346 e. The Kier molecular flexibility index (Phi) is 3.35. The van der Waals surface area contributed by atoms with Crippen LogP contribution in [0.5, 0.6) is 0 Å². The molecule has 2 aromatic carbocycles. The van der Waals surface area contributed by atoms with Crippen molar-refractivity contribution in [2.45, 2.75) is 13.2 Å². The smallest absolute Gasteiger partial charge is 0.306 e. The van der Waals surface area contributed by atoms with Gasteiger partial charge in [0.05, 0.1) is 12.2 Å². The zero-order valence-corrected chi connectivity index (χ0v) is 10.7. The number of carbonyl (C=O) groups excluding carboxylic acids is 1. The average molecular weight is 272 g/mol. The van der Waals surface area contributed by atoms with Crippen LogP contribution in [-0.2, 0) is 18.0 Å². The number of amides is 2. The monoisotopic (exact) mass is 272 g/mol. The van der Waals surface area contributed by atoms with Crippen LogP contribution in [-0.4, -0.2) is 11.1 Å². The molecular formula is C15H13FN2O2. The molecule has 1 heterocycles. The molecule has 0 saturated carbocycles. The van der Waals surface area contributed by atoms with E-state index in [-0.39, 0.29) is 25.0 Å². The minimum atomic E-state index is -0.390. The lowest BCUT2D eigenvalue weighted by Gasteiger charge is -2.28. The fourth-order valence-electron chi connectivity index (χ4n) is 2.06. The number of hydroxylamine groups is 2. The summed E-state index contributed by atoms with van der Waals surface area (Å²) in [5.41, 5.74) is 1.87. The summed E-state index contributed by atoms with van der Waals surface area (Å²) in [5, 5.41) is 3.75. The lowest BCUT2D eigenvalue weighted by atomic mass is 10.1. The Labute approximate surface area is 115 Å². The van der Waals surface area contributed by atoms with Gasteiger partial charge < -0.3 is 5.32 Å². The molecule has 3 rings (SSSR count). The van der Waals surface area contributed by atoms with E-state index in [1.54, 1.807) is 12.1 Å². The van der Waals surface area contributed by atoms with Crippen LogP contribution in [0.15, 0.2) is 48.5 Å². The molecule has 20 heavy (non-hydrogen) atoms. The average Bonchev–Trinajstić information content (AvgIpc) is 2.47. The molecule has 1 aliphatic heterocycles. The van der Waals surface area contributed by atoms with Crippen LogP contribution in [0.4, 0.5) is 14.9 Å². The third-order valence-electron chi connectivity index (χ3n) is 3.12. The number of carbonyl (C=O) groups is 1. The lowest BCUT2D eigenvalue weighted by molar-refractivity contribution is -0.132. The molecule has 4 nitrogen and oxygen atoms in total. The fourth-order valence-corrected chi connectivity index (χ4v) is 2.06. The van der Waals surface area contributed by atoms with Gasteiger partial charge in [0, 0.05) is 5.56 Å². The van der Waals surface area contributed by atoms with Gasteiger partial charge in [-0.25, -0.2) is 9.18 Å². The van der Waals surface area contributed by atoms with E-state index >= 15 is 0 Å². The van der Waals surface area contributed by atoms with Gasteiger partial charge in [-0.2, -0.15) is 5.06 Å². The molecule has 0 aromatic heterocycles. The van der Waals surface area contributed by atoms with E-state index in [2.05, 4.69) is 5.32 Å². The number of fused-ring (bicyclic) bond motifs is 1. The number of anilines is 1. The predicted octanol–water partition coefficient (Wildman–Crippen LogP) is 3.31. The van der Waals surface area contributed by atoms with Gasteiger partial charge in [-0.1, -0.05) is 36.4 Å². The summed E-state index contributed by atoms with van der Waals surface area (Å²) in [4.78, 5) is 17.3. The molecule has 0 unspecified atom stereocenters. The van der Waals surface area contributed by atoms with Crippen molar-refractivity contribution in [3.8, 4) is 0 Å². The van der Waals surface area contributed by atoms with Crippen molar-refractivity contribution >= 4 is 11.7 Å². The summed E-state index contributed by atoms with van der Waals surface area (Å²) in [5.74, 6) is -0.351. The van der Waals surface area contributed by atoms with Crippen LogP contribution in [0.25, 0.3) is 0 Å². The van der Waals surface area contributed by atoms with E-state index in [9.17, 15) is 9.18 Å². The standard InChI is InChI=1S/C15H13FN2O2/c16-13-7-4-8-14-12(13)9-18(15(19)17-14)20-10-11-5-2-1-3-6-11/h1-8H,9-10H2,(H,17,19). The molecule has 0 spiro atoms. The second-order valence-corrected chi connectivity index (χ2v) is 4.49. The second kappa shape index (κ2) is 5.30. The highest BCUT2D eigenvalue weighted by molar-refractivity contribution is 5.91. The number of hydrogen-bond donors (Lipinski definition) is 1. The summed E-state index contributed by atoms with van der Waals surface area (Å²) in [6.45, 7) is 0.360.